The van der Waals surface area contributed by atoms with E-state index in [-0.39, 0.29) is 17.7 Å². The Hall–Kier alpha value is -1.01. The smallest absolute Gasteiger partial charge is 0.329 e. The summed E-state index contributed by atoms with van der Waals surface area (Å²) in [7, 11) is 0. The van der Waals surface area contributed by atoms with E-state index in [0.717, 1.165) is 17.9 Å². The molecule has 2 atom stereocenters. The number of amides is 1. The third-order valence-corrected chi connectivity index (χ3v) is 6.62. The van der Waals surface area contributed by atoms with Crippen molar-refractivity contribution < 1.29 is 14.7 Å². The molecule has 114 valence electrons. The number of carboxylic acids is 1. The minimum Gasteiger partial charge on any atom is -0.480 e. The van der Waals surface area contributed by atoms with Crippen LogP contribution in [-0.4, -0.2) is 34.0 Å². The zero-order valence-electron chi connectivity index (χ0n) is 11.9. The van der Waals surface area contributed by atoms with Crippen molar-refractivity contribution in [3.05, 3.63) is 21.9 Å². The van der Waals surface area contributed by atoms with Crippen LogP contribution >= 0.6 is 23.1 Å². The number of carbonyl (C=O) groups excluding carboxylic acids is 1. The van der Waals surface area contributed by atoms with Gasteiger partial charge in [-0.3, -0.25) is 4.79 Å². The second kappa shape index (κ2) is 5.65. The highest BCUT2D eigenvalue weighted by atomic mass is 32.2. The number of aryl methyl sites for hydroxylation is 1. The molecule has 2 unspecified atom stereocenters. The Labute approximate surface area is 132 Å². The lowest BCUT2D eigenvalue weighted by molar-refractivity contribution is -0.148. The number of thioether (sulfide) groups is 1. The third kappa shape index (κ3) is 2.83. The van der Waals surface area contributed by atoms with E-state index in [1.54, 1.807) is 23.1 Å². The van der Waals surface area contributed by atoms with Gasteiger partial charge in [0.05, 0.1) is 0 Å². The maximum absolute atomic E-state index is 12.4. The van der Waals surface area contributed by atoms with E-state index >= 15 is 0 Å². The number of aliphatic carboxylic acids is 1. The average Bonchev–Trinajstić information content (AvgIpc) is 3.15. The van der Waals surface area contributed by atoms with Crippen molar-refractivity contribution in [2.24, 2.45) is 5.92 Å². The summed E-state index contributed by atoms with van der Waals surface area (Å²) >= 11 is 3.45. The quantitative estimate of drug-likeness (QED) is 0.893. The summed E-state index contributed by atoms with van der Waals surface area (Å²) in [4.78, 5) is 25.3. The van der Waals surface area contributed by atoms with E-state index in [9.17, 15) is 14.7 Å². The Bertz CT molecular complexity index is 563. The van der Waals surface area contributed by atoms with Gasteiger partial charge in [0, 0.05) is 16.7 Å². The van der Waals surface area contributed by atoms with Crippen LogP contribution in [0.1, 0.15) is 35.6 Å². The number of carboxylic acid groups (broad SMARTS) is 1. The standard InChI is InChI=1S/C15H19NO3S2/c1-9-2-5-21-12(9)10-8-11(10)13(17)16-15(14(18)19)3-6-20-7-4-15/h2,5,10-11H,3-4,6-8H2,1H3,(H,16,17)(H,18,19). The van der Waals surface area contributed by atoms with Crippen LogP contribution in [0, 0.1) is 12.8 Å². The molecule has 21 heavy (non-hydrogen) atoms. The zero-order chi connectivity index (χ0) is 15.0. The summed E-state index contributed by atoms with van der Waals surface area (Å²) < 4.78 is 0. The first-order valence-electron chi connectivity index (χ1n) is 7.21. The van der Waals surface area contributed by atoms with E-state index in [0.29, 0.717) is 12.8 Å². The van der Waals surface area contributed by atoms with Crippen LogP contribution in [0.4, 0.5) is 0 Å². The van der Waals surface area contributed by atoms with Crippen LogP contribution in [-0.2, 0) is 9.59 Å². The summed E-state index contributed by atoms with van der Waals surface area (Å²) in [5.41, 5.74) is 0.197. The van der Waals surface area contributed by atoms with Crippen molar-refractivity contribution >= 4 is 35.0 Å². The second-order valence-electron chi connectivity index (χ2n) is 5.91. The van der Waals surface area contributed by atoms with Crippen molar-refractivity contribution in [3.8, 4) is 0 Å². The molecular weight excluding hydrogens is 306 g/mol. The van der Waals surface area contributed by atoms with E-state index in [2.05, 4.69) is 23.7 Å². The van der Waals surface area contributed by atoms with Crippen LogP contribution in [0.3, 0.4) is 0 Å². The van der Waals surface area contributed by atoms with Crippen molar-refractivity contribution in [3.63, 3.8) is 0 Å². The summed E-state index contributed by atoms with van der Waals surface area (Å²) in [6, 6.07) is 2.07. The van der Waals surface area contributed by atoms with Crippen molar-refractivity contribution in [2.45, 2.75) is 37.6 Å². The molecule has 1 aromatic rings. The lowest BCUT2D eigenvalue weighted by Crippen LogP contribution is -2.57. The monoisotopic (exact) mass is 325 g/mol. The first-order chi connectivity index (χ1) is 10.0. The summed E-state index contributed by atoms with van der Waals surface area (Å²) in [5.74, 6) is 0.861. The Morgan fingerprint density at radius 3 is 2.67 bits per heavy atom. The molecule has 2 heterocycles. The van der Waals surface area contributed by atoms with Gasteiger partial charge < -0.3 is 10.4 Å². The number of nitrogens with one attached hydrogen (secondary N) is 1. The van der Waals surface area contributed by atoms with Gasteiger partial charge in [0.2, 0.25) is 5.91 Å². The van der Waals surface area contributed by atoms with Gasteiger partial charge in [0.15, 0.2) is 0 Å². The molecule has 0 bridgehead atoms. The highest BCUT2D eigenvalue weighted by Gasteiger charge is 2.49. The SMILES string of the molecule is Cc1ccsc1C1CC1C(=O)NC1(C(=O)O)CCSCC1. The Morgan fingerprint density at radius 1 is 1.38 bits per heavy atom. The number of carbonyl (C=O) groups is 2. The number of hydrogen-bond donors (Lipinski definition) is 2. The molecule has 2 N–H and O–H groups in total. The van der Waals surface area contributed by atoms with Crippen LogP contribution < -0.4 is 5.32 Å². The molecule has 1 aliphatic carbocycles. The van der Waals surface area contributed by atoms with Gasteiger partial charge >= 0.3 is 5.97 Å². The van der Waals surface area contributed by atoms with Gasteiger partial charge in [-0.25, -0.2) is 4.79 Å². The lowest BCUT2D eigenvalue weighted by atomic mass is 9.92. The second-order valence-corrected chi connectivity index (χ2v) is 8.08. The van der Waals surface area contributed by atoms with Crippen LogP contribution in [0.25, 0.3) is 0 Å². The zero-order valence-corrected chi connectivity index (χ0v) is 13.6. The maximum atomic E-state index is 12.4. The minimum atomic E-state index is -1.04. The first-order valence-corrected chi connectivity index (χ1v) is 9.24. The van der Waals surface area contributed by atoms with Gasteiger partial charge in [-0.05, 0) is 54.7 Å². The topological polar surface area (TPSA) is 66.4 Å². The van der Waals surface area contributed by atoms with Gasteiger partial charge in [-0.15, -0.1) is 11.3 Å². The first kappa shape index (κ1) is 14.9. The summed E-state index contributed by atoms with van der Waals surface area (Å²) in [6.45, 7) is 2.07. The molecule has 1 aliphatic heterocycles. The van der Waals surface area contributed by atoms with E-state index < -0.39 is 11.5 Å². The largest absolute Gasteiger partial charge is 0.480 e. The highest BCUT2D eigenvalue weighted by Crippen LogP contribution is 2.50. The van der Waals surface area contributed by atoms with E-state index in [1.165, 1.54) is 10.4 Å². The summed E-state index contributed by atoms with van der Waals surface area (Å²) in [6.07, 6.45) is 1.89. The van der Waals surface area contributed by atoms with Crippen molar-refractivity contribution in [2.75, 3.05) is 11.5 Å². The van der Waals surface area contributed by atoms with E-state index in [1.807, 2.05) is 0 Å². The molecule has 2 aliphatic rings. The fraction of sp³-hybridized carbons (Fsp3) is 0.600. The molecule has 1 saturated carbocycles. The van der Waals surface area contributed by atoms with Gasteiger partial charge in [0.25, 0.3) is 0 Å². The summed E-state index contributed by atoms with van der Waals surface area (Å²) in [5, 5.41) is 14.4. The molecule has 0 spiro atoms. The van der Waals surface area contributed by atoms with E-state index in [4.69, 9.17) is 0 Å². The van der Waals surface area contributed by atoms with Crippen LogP contribution in [0.2, 0.25) is 0 Å². The fourth-order valence-electron chi connectivity index (χ4n) is 2.98. The molecule has 6 heteroatoms. The molecule has 1 aromatic heterocycles. The van der Waals surface area contributed by atoms with Crippen molar-refractivity contribution in [1.82, 2.24) is 5.32 Å². The molecule has 3 rings (SSSR count). The third-order valence-electron chi connectivity index (χ3n) is 4.48. The fourth-order valence-corrected chi connectivity index (χ4v) is 5.28. The Morgan fingerprint density at radius 2 is 2.10 bits per heavy atom. The maximum Gasteiger partial charge on any atom is 0.329 e. The number of thiophene rings is 1. The normalized spacial score (nSPS) is 27.1. The van der Waals surface area contributed by atoms with Gasteiger partial charge in [-0.2, -0.15) is 11.8 Å². The number of hydrogen-bond acceptors (Lipinski definition) is 4. The molecule has 0 radical (unpaired) electrons. The molecule has 0 aromatic carbocycles. The predicted molar refractivity (Wildman–Crippen MR) is 85.0 cm³/mol. The molecule has 1 saturated heterocycles. The molecular formula is C15H19NO3S2. The number of rotatable bonds is 4. The lowest BCUT2D eigenvalue weighted by Gasteiger charge is -2.33. The van der Waals surface area contributed by atoms with Crippen LogP contribution in [0.15, 0.2) is 11.4 Å². The van der Waals surface area contributed by atoms with Crippen LogP contribution in [0.5, 0.6) is 0 Å². The molecule has 4 nitrogen and oxygen atoms in total. The van der Waals surface area contributed by atoms with Gasteiger partial charge in [0.1, 0.15) is 5.54 Å². The minimum absolute atomic E-state index is 0.0480. The van der Waals surface area contributed by atoms with Crippen molar-refractivity contribution in [1.29, 1.82) is 0 Å². The molecule has 2 fully saturated rings. The molecule has 1 amide bonds. The average molecular weight is 325 g/mol. The van der Waals surface area contributed by atoms with Gasteiger partial charge in [-0.1, -0.05) is 0 Å². The Kier molecular flexibility index (Phi) is 4.01. The predicted octanol–water partition coefficient (Wildman–Crippen LogP) is 2.63. The Balaban J connectivity index is 1.67. The highest BCUT2D eigenvalue weighted by molar-refractivity contribution is 7.99.